The maximum atomic E-state index is 4.14. The molecule has 0 aliphatic carbocycles. The van der Waals surface area contributed by atoms with Gasteiger partial charge in [-0.25, -0.2) is 0 Å². The molecule has 0 saturated heterocycles. The highest BCUT2D eigenvalue weighted by atomic mass is 14.1. The molecule has 0 heteroatoms. The van der Waals surface area contributed by atoms with Crippen molar-refractivity contribution >= 4 is 0 Å². The Morgan fingerprint density at radius 3 is 2.53 bits per heavy atom. The van der Waals surface area contributed by atoms with Crippen LogP contribution in [0.25, 0.3) is 0 Å². The number of benzene rings is 1. The molecule has 0 nitrogen and oxygen atoms in total. The van der Waals surface area contributed by atoms with Gasteiger partial charge in [0, 0.05) is 0 Å². The molecule has 0 heterocycles. The molecule has 0 aromatic heterocycles. The van der Waals surface area contributed by atoms with Gasteiger partial charge in [-0.15, -0.1) is 0 Å². The lowest BCUT2D eigenvalue weighted by molar-refractivity contribution is 0.692. The molecule has 0 spiro atoms. The van der Waals surface area contributed by atoms with Crippen LogP contribution >= 0.6 is 0 Å². The standard InChI is InChI=1S/C17H23/c1-13(2)10-11-14(3)16(5)12-17-9-7-6-8-15(17)4/h6-11,13,16H,1,3,12H2,2,4-5H3/b11-10-. The van der Waals surface area contributed by atoms with Crippen LogP contribution in [0.3, 0.4) is 0 Å². The predicted octanol–water partition coefficient (Wildman–Crippen LogP) is 4.76. The summed E-state index contributed by atoms with van der Waals surface area (Å²) in [4.78, 5) is 0. The van der Waals surface area contributed by atoms with Gasteiger partial charge in [-0.05, 0) is 43.2 Å². The molecule has 0 aliphatic heterocycles. The minimum atomic E-state index is 0.345. The third kappa shape index (κ3) is 4.60. The summed E-state index contributed by atoms with van der Waals surface area (Å²) in [6.45, 7) is 14.6. The second-order valence-electron chi connectivity index (χ2n) is 4.94. The molecule has 0 aliphatic rings. The topological polar surface area (TPSA) is 0 Å². The number of rotatable bonds is 5. The van der Waals surface area contributed by atoms with Gasteiger partial charge in [-0.2, -0.15) is 0 Å². The molecule has 1 aromatic rings. The average molecular weight is 227 g/mol. The first-order valence-corrected chi connectivity index (χ1v) is 6.25. The molecule has 91 valence electrons. The van der Waals surface area contributed by atoms with E-state index < -0.39 is 0 Å². The maximum absolute atomic E-state index is 4.14. The van der Waals surface area contributed by atoms with E-state index in [1.165, 1.54) is 16.7 Å². The minimum absolute atomic E-state index is 0.345. The Hall–Kier alpha value is -1.30. The fourth-order valence-corrected chi connectivity index (χ4v) is 1.75. The number of allylic oxidation sites excluding steroid dienone is 3. The highest BCUT2D eigenvalue weighted by Crippen LogP contribution is 2.19. The Bertz CT molecular complexity index is 396. The molecular formula is C17H23. The van der Waals surface area contributed by atoms with Gasteiger partial charge in [0.2, 0.25) is 0 Å². The van der Waals surface area contributed by atoms with E-state index in [4.69, 9.17) is 0 Å². The van der Waals surface area contributed by atoms with Crippen LogP contribution in [0.1, 0.15) is 25.0 Å². The fourth-order valence-electron chi connectivity index (χ4n) is 1.75. The van der Waals surface area contributed by atoms with Gasteiger partial charge >= 0.3 is 0 Å². The SMILES string of the molecule is [CH2]C(C)/C=C\C(=C)C(C)Cc1ccccc1C. The molecule has 1 aromatic carbocycles. The Balaban J connectivity index is 2.63. The summed E-state index contributed by atoms with van der Waals surface area (Å²) in [6, 6.07) is 8.56. The van der Waals surface area contributed by atoms with Crippen LogP contribution < -0.4 is 0 Å². The van der Waals surface area contributed by atoms with Crippen molar-refractivity contribution in [1.82, 2.24) is 0 Å². The molecule has 0 amide bonds. The quantitative estimate of drug-likeness (QED) is 0.636. The molecule has 2 unspecified atom stereocenters. The van der Waals surface area contributed by atoms with Gasteiger partial charge in [0.25, 0.3) is 0 Å². The summed E-state index contributed by atoms with van der Waals surface area (Å²) < 4.78 is 0. The molecule has 2 atom stereocenters. The summed E-state index contributed by atoms with van der Waals surface area (Å²) in [5.41, 5.74) is 3.96. The molecule has 0 N–H and O–H groups in total. The average Bonchev–Trinajstić information content (AvgIpc) is 2.28. The molecular weight excluding hydrogens is 204 g/mol. The van der Waals surface area contributed by atoms with Crippen molar-refractivity contribution in [1.29, 1.82) is 0 Å². The number of hydrogen-bond donors (Lipinski definition) is 0. The number of hydrogen-bond acceptors (Lipinski definition) is 0. The summed E-state index contributed by atoms with van der Waals surface area (Å²) in [7, 11) is 0. The maximum Gasteiger partial charge on any atom is -0.0156 e. The third-order valence-corrected chi connectivity index (χ3v) is 3.06. The van der Waals surface area contributed by atoms with Crippen LogP contribution in [-0.2, 0) is 6.42 Å². The first-order valence-electron chi connectivity index (χ1n) is 6.25. The van der Waals surface area contributed by atoms with E-state index in [0.717, 1.165) is 6.42 Å². The smallest absolute Gasteiger partial charge is 0.0156 e. The van der Waals surface area contributed by atoms with Crippen molar-refractivity contribution in [3.63, 3.8) is 0 Å². The molecule has 0 bridgehead atoms. The lowest BCUT2D eigenvalue weighted by atomic mass is 9.92. The lowest BCUT2D eigenvalue weighted by Gasteiger charge is -2.14. The zero-order valence-corrected chi connectivity index (χ0v) is 11.2. The van der Waals surface area contributed by atoms with E-state index >= 15 is 0 Å². The van der Waals surface area contributed by atoms with E-state index in [2.05, 4.69) is 70.7 Å². The van der Waals surface area contributed by atoms with Crippen molar-refractivity contribution in [2.75, 3.05) is 0 Å². The highest BCUT2D eigenvalue weighted by Gasteiger charge is 2.07. The van der Waals surface area contributed by atoms with Crippen molar-refractivity contribution in [2.45, 2.75) is 27.2 Å². The van der Waals surface area contributed by atoms with Gasteiger partial charge in [0.1, 0.15) is 0 Å². The Morgan fingerprint density at radius 1 is 1.29 bits per heavy atom. The Labute approximate surface area is 106 Å². The normalized spacial score (nSPS) is 13.2. The molecule has 0 fully saturated rings. The molecule has 0 saturated carbocycles. The lowest BCUT2D eigenvalue weighted by Crippen LogP contribution is -2.03. The van der Waals surface area contributed by atoms with Gasteiger partial charge in [-0.1, -0.05) is 62.4 Å². The van der Waals surface area contributed by atoms with Gasteiger partial charge in [0.05, 0.1) is 0 Å². The van der Waals surface area contributed by atoms with E-state index in [1.807, 2.05) is 0 Å². The Morgan fingerprint density at radius 2 is 1.94 bits per heavy atom. The van der Waals surface area contributed by atoms with E-state index in [1.54, 1.807) is 0 Å². The van der Waals surface area contributed by atoms with Gasteiger partial charge in [-0.3, -0.25) is 0 Å². The highest BCUT2D eigenvalue weighted by molar-refractivity contribution is 5.28. The molecule has 17 heavy (non-hydrogen) atoms. The Kier molecular flexibility index (Phi) is 5.21. The summed E-state index contributed by atoms with van der Waals surface area (Å²) in [6.07, 6.45) is 5.28. The van der Waals surface area contributed by atoms with E-state index in [0.29, 0.717) is 11.8 Å². The van der Waals surface area contributed by atoms with Crippen molar-refractivity contribution in [2.24, 2.45) is 11.8 Å². The van der Waals surface area contributed by atoms with Crippen molar-refractivity contribution in [3.05, 3.63) is 66.6 Å². The summed E-state index contributed by atoms with van der Waals surface area (Å²) in [5, 5.41) is 0. The number of aryl methyl sites for hydroxylation is 1. The van der Waals surface area contributed by atoms with Crippen LogP contribution in [0.5, 0.6) is 0 Å². The van der Waals surface area contributed by atoms with Crippen molar-refractivity contribution in [3.8, 4) is 0 Å². The van der Waals surface area contributed by atoms with Crippen LogP contribution in [0.15, 0.2) is 48.6 Å². The van der Waals surface area contributed by atoms with Crippen LogP contribution in [0, 0.1) is 25.7 Å². The summed E-state index contributed by atoms with van der Waals surface area (Å²) in [5.74, 6) is 0.823. The zero-order chi connectivity index (χ0) is 12.8. The fraction of sp³-hybridized carbons (Fsp3) is 0.353. The van der Waals surface area contributed by atoms with Crippen molar-refractivity contribution < 1.29 is 0 Å². The third-order valence-electron chi connectivity index (χ3n) is 3.06. The van der Waals surface area contributed by atoms with Crippen LogP contribution in [0.2, 0.25) is 0 Å². The first-order chi connectivity index (χ1) is 8.00. The zero-order valence-electron chi connectivity index (χ0n) is 11.2. The van der Waals surface area contributed by atoms with E-state index in [9.17, 15) is 0 Å². The molecule has 1 rings (SSSR count). The predicted molar refractivity (Wildman–Crippen MR) is 76.8 cm³/mol. The van der Waals surface area contributed by atoms with E-state index in [-0.39, 0.29) is 0 Å². The second-order valence-corrected chi connectivity index (χ2v) is 4.94. The second kappa shape index (κ2) is 6.44. The monoisotopic (exact) mass is 227 g/mol. The largest absolute Gasteiger partial charge is 0.0956 e. The molecule has 1 radical (unpaired) electrons. The van der Waals surface area contributed by atoms with Gasteiger partial charge in [0.15, 0.2) is 0 Å². The van der Waals surface area contributed by atoms with Crippen LogP contribution in [0.4, 0.5) is 0 Å². The summed E-state index contributed by atoms with van der Waals surface area (Å²) >= 11 is 0. The minimum Gasteiger partial charge on any atom is -0.0956 e. The van der Waals surface area contributed by atoms with Gasteiger partial charge < -0.3 is 0 Å². The first kappa shape index (κ1) is 13.8. The van der Waals surface area contributed by atoms with Crippen LogP contribution in [-0.4, -0.2) is 0 Å².